The number of fused-ring (bicyclic) bond motifs is 1. The number of carbonyl (C=O) groups excluding carboxylic acids is 1. The Morgan fingerprint density at radius 3 is 3.14 bits per heavy atom. The van der Waals surface area contributed by atoms with E-state index >= 15 is 0 Å². The van der Waals surface area contributed by atoms with Crippen LogP contribution in [0.4, 0.5) is 0 Å². The molecule has 0 saturated heterocycles. The molecule has 0 radical (unpaired) electrons. The summed E-state index contributed by atoms with van der Waals surface area (Å²) in [6.45, 7) is 0. The monoisotopic (exact) mass is 292 g/mol. The second-order valence-corrected chi connectivity index (χ2v) is 4.71. The van der Waals surface area contributed by atoms with Crippen molar-refractivity contribution in [1.82, 2.24) is 10.4 Å². The molecule has 1 aromatic heterocycles. The summed E-state index contributed by atoms with van der Waals surface area (Å²) in [5.41, 5.74) is 4.70. The van der Waals surface area contributed by atoms with E-state index in [0.29, 0.717) is 17.7 Å². The minimum Gasteiger partial charge on any atom is -0.268 e. The summed E-state index contributed by atoms with van der Waals surface area (Å²) in [5, 5.41) is 5.03. The molecule has 0 atom stereocenters. The molecule has 0 saturated carbocycles. The van der Waals surface area contributed by atoms with Gasteiger partial charge in [-0.15, -0.1) is 0 Å². The highest BCUT2D eigenvalue weighted by Gasteiger charge is 2.06. The number of para-hydroxylation sites is 1. The lowest BCUT2D eigenvalue weighted by Gasteiger charge is -2.01. The Morgan fingerprint density at radius 1 is 1.27 bits per heavy atom. The van der Waals surface area contributed by atoms with Crippen molar-refractivity contribution in [1.29, 1.82) is 0 Å². The van der Waals surface area contributed by atoms with Crippen LogP contribution in [0.15, 0.2) is 70.4 Å². The highest BCUT2D eigenvalue weighted by atomic mass is 16.2. The molecule has 1 amide bonds. The third-order valence-electron chi connectivity index (χ3n) is 3.17. The van der Waals surface area contributed by atoms with Gasteiger partial charge in [-0.25, -0.2) is 10.4 Å². The predicted molar refractivity (Wildman–Crippen MR) is 89.9 cm³/mol. The summed E-state index contributed by atoms with van der Waals surface area (Å²) in [5.74, 6) is -0.241. The summed E-state index contributed by atoms with van der Waals surface area (Å²) >= 11 is 0. The molecule has 5 heteroatoms. The van der Waals surface area contributed by atoms with E-state index in [0.717, 1.165) is 10.9 Å². The van der Waals surface area contributed by atoms with Crippen LogP contribution in [0.2, 0.25) is 0 Å². The molecule has 0 fully saturated rings. The lowest BCUT2D eigenvalue weighted by atomic mass is 10.2. The molecule has 5 nitrogen and oxygen atoms in total. The van der Waals surface area contributed by atoms with E-state index < -0.39 is 0 Å². The Labute approximate surface area is 129 Å². The Hall–Kier alpha value is -3.08. The van der Waals surface area contributed by atoms with Gasteiger partial charge in [0, 0.05) is 24.8 Å². The highest BCUT2D eigenvalue weighted by molar-refractivity contribution is 5.98. The van der Waals surface area contributed by atoms with Crippen molar-refractivity contribution in [2.45, 2.75) is 6.42 Å². The van der Waals surface area contributed by atoms with Gasteiger partial charge in [0.15, 0.2) is 0 Å². The van der Waals surface area contributed by atoms with Gasteiger partial charge >= 0.3 is 0 Å². The number of nitrogens with zero attached hydrogens (tertiary/aromatic N) is 3. The van der Waals surface area contributed by atoms with Gasteiger partial charge in [-0.2, -0.15) is 5.10 Å². The first kappa shape index (κ1) is 13.9. The van der Waals surface area contributed by atoms with Gasteiger partial charge in [0.2, 0.25) is 0 Å². The Bertz CT molecular complexity index is 824. The first-order valence-electron chi connectivity index (χ1n) is 6.89. The van der Waals surface area contributed by atoms with E-state index in [9.17, 15) is 4.79 Å². The Balaban J connectivity index is 0.00000192. The van der Waals surface area contributed by atoms with Crippen LogP contribution in [-0.2, 0) is 4.79 Å². The van der Waals surface area contributed by atoms with Crippen LogP contribution < -0.4 is 5.43 Å². The maximum Gasteiger partial charge on any atom is 0.267 e. The van der Waals surface area contributed by atoms with Crippen LogP contribution in [-0.4, -0.2) is 23.3 Å². The third kappa shape index (κ3) is 3.32. The molecule has 1 N–H and O–H groups in total. The molecular weight excluding hydrogens is 276 g/mol. The maximum absolute atomic E-state index is 11.9. The number of pyridine rings is 1. The fourth-order valence-electron chi connectivity index (χ4n) is 2.04. The zero-order valence-electron chi connectivity index (χ0n) is 11.8. The van der Waals surface area contributed by atoms with Crippen molar-refractivity contribution < 1.29 is 6.22 Å². The average Bonchev–Trinajstić information content (AvgIpc) is 2.84. The second kappa shape index (κ2) is 6.58. The molecule has 2 aromatic rings. The fourth-order valence-corrected chi connectivity index (χ4v) is 2.04. The van der Waals surface area contributed by atoms with E-state index in [1.807, 2.05) is 42.5 Å². The van der Waals surface area contributed by atoms with Crippen molar-refractivity contribution in [2.75, 3.05) is 0 Å². The van der Waals surface area contributed by atoms with Crippen molar-refractivity contribution in [3.05, 3.63) is 66.0 Å². The van der Waals surface area contributed by atoms with Crippen LogP contribution in [0.1, 0.15) is 13.5 Å². The van der Waals surface area contributed by atoms with Crippen LogP contribution in [0.3, 0.4) is 0 Å². The lowest BCUT2D eigenvalue weighted by molar-refractivity contribution is -0.117. The summed E-state index contributed by atoms with van der Waals surface area (Å²) in [7, 11) is 0. The maximum atomic E-state index is 11.9. The second-order valence-electron chi connectivity index (χ2n) is 4.71. The van der Waals surface area contributed by atoms with Crippen molar-refractivity contribution in [3.63, 3.8) is 0 Å². The standard InChI is InChI=1S/C17H14N4O.H2/c22-17(14-5-3-10-18-11-9-14)21-19-12-15-8-7-13-4-1-2-6-16(13)20-15;/h1-4,6-12H,5H2,(H,21,22);1H/b19-12+;. The molecule has 0 aliphatic carbocycles. The molecule has 1 aliphatic rings. The molecular formula is C17H16N4O. The molecule has 0 spiro atoms. The minimum atomic E-state index is -0.241. The van der Waals surface area contributed by atoms with E-state index in [1.54, 1.807) is 18.5 Å². The fraction of sp³-hybridized carbons (Fsp3) is 0.0588. The summed E-state index contributed by atoms with van der Waals surface area (Å²) < 4.78 is 0. The first-order chi connectivity index (χ1) is 10.8. The number of allylic oxidation sites excluding steroid dienone is 2. The Kier molecular flexibility index (Phi) is 4.15. The van der Waals surface area contributed by atoms with Crippen molar-refractivity contribution in [3.8, 4) is 0 Å². The zero-order valence-corrected chi connectivity index (χ0v) is 11.8. The smallest absolute Gasteiger partial charge is 0.267 e. The van der Waals surface area contributed by atoms with Crippen LogP contribution in [0.5, 0.6) is 0 Å². The molecule has 2 heterocycles. The summed E-state index contributed by atoms with van der Waals surface area (Å²) in [4.78, 5) is 20.3. The van der Waals surface area contributed by atoms with E-state index in [1.165, 1.54) is 6.21 Å². The number of benzene rings is 1. The lowest BCUT2D eigenvalue weighted by Crippen LogP contribution is -2.19. The minimum absolute atomic E-state index is 0. The van der Waals surface area contributed by atoms with Gasteiger partial charge in [-0.05, 0) is 24.6 Å². The van der Waals surface area contributed by atoms with E-state index in [4.69, 9.17) is 0 Å². The highest BCUT2D eigenvalue weighted by Crippen LogP contribution is 2.10. The molecule has 110 valence electrons. The number of hydrogen-bond acceptors (Lipinski definition) is 4. The molecule has 3 rings (SSSR count). The van der Waals surface area contributed by atoms with Crippen molar-refractivity contribution >= 4 is 29.2 Å². The number of nitrogens with one attached hydrogen (secondary N) is 1. The topological polar surface area (TPSA) is 66.7 Å². The average molecular weight is 292 g/mol. The van der Waals surface area contributed by atoms with E-state index in [2.05, 4.69) is 20.5 Å². The number of aliphatic imine (C=N–C) groups is 1. The zero-order chi connectivity index (χ0) is 15.2. The third-order valence-corrected chi connectivity index (χ3v) is 3.17. The normalized spacial score (nSPS) is 14.1. The number of carbonyl (C=O) groups is 1. The molecule has 0 unspecified atom stereocenters. The molecule has 1 aromatic carbocycles. The largest absolute Gasteiger partial charge is 0.268 e. The first-order valence-corrected chi connectivity index (χ1v) is 6.89. The number of hydrogen-bond donors (Lipinski definition) is 1. The number of hydrazone groups is 1. The van der Waals surface area contributed by atoms with Gasteiger partial charge in [0.05, 0.1) is 17.4 Å². The molecule has 1 aliphatic heterocycles. The van der Waals surface area contributed by atoms with Gasteiger partial charge < -0.3 is 0 Å². The van der Waals surface area contributed by atoms with Crippen LogP contribution in [0, 0.1) is 0 Å². The van der Waals surface area contributed by atoms with Gasteiger partial charge in [-0.1, -0.05) is 30.3 Å². The van der Waals surface area contributed by atoms with E-state index in [-0.39, 0.29) is 7.33 Å². The van der Waals surface area contributed by atoms with Crippen molar-refractivity contribution in [2.24, 2.45) is 10.1 Å². The van der Waals surface area contributed by atoms with Crippen LogP contribution in [0.25, 0.3) is 10.9 Å². The quantitative estimate of drug-likeness (QED) is 0.698. The SMILES string of the molecule is O=C(N/N=C/c1ccc2ccccc2n1)C1=CC=NC=CC1.[HH]. The summed E-state index contributed by atoms with van der Waals surface area (Å²) in [6, 6.07) is 11.7. The predicted octanol–water partition coefficient (Wildman–Crippen LogP) is 2.85. The molecule has 22 heavy (non-hydrogen) atoms. The van der Waals surface area contributed by atoms with Gasteiger partial charge in [0.25, 0.3) is 5.91 Å². The Morgan fingerprint density at radius 2 is 2.18 bits per heavy atom. The summed E-state index contributed by atoms with van der Waals surface area (Å²) in [6.07, 6.45) is 8.83. The molecule has 0 bridgehead atoms. The number of aromatic nitrogens is 1. The van der Waals surface area contributed by atoms with Gasteiger partial charge in [-0.3, -0.25) is 9.79 Å². The van der Waals surface area contributed by atoms with Gasteiger partial charge in [0.1, 0.15) is 0 Å². The van der Waals surface area contributed by atoms with Crippen LogP contribution >= 0.6 is 0 Å². The number of rotatable bonds is 3. The number of amides is 1.